The molecule has 0 atom stereocenters. The Morgan fingerprint density at radius 3 is 1.15 bits per heavy atom. The first-order valence-electron chi connectivity index (χ1n) is 13.9. The molecule has 7 nitrogen and oxygen atoms in total. The molecule has 0 N–H and O–H groups in total. The molecule has 0 aliphatic heterocycles. The highest BCUT2D eigenvalue weighted by Gasteiger charge is 2.46. The van der Waals surface area contributed by atoms with E-state index in [0.29, 0.717) is 6.04 Å². The first-order chi connectivity index (χ1) is 16.4. The summed E-state index contributed by atoms with van der Waals surface area (Å²) in [4.78, 5) is 14.4. The van der Waals surface area contributed by atoms with Crippen LogP contribution < -0.4 is 0 Å². The smallest absolute Gasteiger partial charge is 0.328 e. The lowest BCUT2D eigenvalue weighted by atomic mass is 10.0. The molecule has 0 unspecified atom stereocenters. The van der Waals surface area contributed by atoms with Gasteiger partial charge in [0.1, 0.15) is 0 Å². The van der Waals surface area contributed by atoms with Crippen LogP contribution in [0.1, 0.15) is 116 Å². The molecule has 0 fully saturated rings. The maximum atomic E-state index is 5.26. The van der Waals surface area contributed by atoms with Crippen molar-refractivity contribution in [3.63, 3.8) is 0 Å². The van der Waals surface area contributed by atoms with E-state index in [0.717, 1.165) is 17.4 Å². The molecule has 0 rings (SSSR count). The van der Waals surface area contributed by atoms with Gasteiger partial charge in [0, 0.05) is 12.5 Å². The monoisotopic (exact) mass is 508 g/mol. The molecule has 0 aromatic heterocycles. The Hall–Kier alpha value is -0.0631. The minimum atomic E-state index is -3.15. The third kappa shape index (κ3) is 20.2. The predicted octanol–water partition coefficient (Wildman–Crippen LogP) is 7.39. The third-order valence-corrected chi connectivity index (χ3v) is 8.72. The molecule has 8 heteroatoms. The standard InChI is InChI=1S/C26H58NO6Si/c1-7-8-9-10-11-12-13-14-15-16-17-18-19-20-21-22-24-27(2,3)25-23-26-34(31-28-4,32-29-5)33-30-6/h7-26H2,1-6H3/q+1. The lowest BCUT2D eigenvalue weighted by Gasteiger charge is -2.31. The van der Waals surface area contributed by atoms with Crippen LogP contribution in [0.2, 0.25) is 6.04 Å². The fraction of sp³-hybridized carbons (Fsp3) is 1.00. The van der Waals surface area contributed by atoms with Crippen molar-refractivity contribution in [2.24, 2.45) is 0 Å². The zero-order valence-corrected chi connectivity index (χ0v) is 24.5. The summed E-state index contributed by atoms with van der Waals surface area (Å²) in [7, 11) is 5.69. The molecule has 0 aromatic carbocycles. The van der Waals surface area contributed by atoms with E-state index < -0.39 is 8.80 Å². The molecule has 0 saturated carbocycles. The van der Waals surface area contributed by atoms with Gasteiger partial charge in [-0.2, -0.15) is 0 Å². The second-order valence-electron chi connectivity index (χ2n) is 10.2. The van der Waals surface area contributed by atoms with Gasteiger partial charge >= 0.3 is 8.80 Å². The van der Waals surface area contributed by atoms with Crippen molar-refractivity contribution in [3.05, 3.63) is 0 Å². The first kappa shape index (κ1) is 33.9. The maximum absolute atomic E-state index is 5.26. The number of rotatable bonds is 27. The Kier molecular flexibility index (Phi) is 23.3. The van der Waals surface area contributed by atoms with Crippen LogP contribution in [0.25, 0.3) is 0 Å². The summed E-state index contributed by atoms with van der Waals surface area (Å²) < 4.78 is 16.7. The summed E-state index contributed by atoms with van der Waals surface area (Å²) in [6.45, 7) is 4.46. The van der Waals surface area contributed by atoms with E-state index >= 15 is 0 Å². The van der Waals surface area contributed by atoms with Gasteiger partial charge in [-0.15, -0.1) is 0 Å². The zero-order valence-electron chi connectivity index (χ0n) is 23.5. The normalized spacial score (nSPS) is 12.5. The number of quaternary nitrogens is 1. The van der Waals surface area contributed by atoms with Crippen LogP contribution in [-0.2, 0) is 28.4 Å². The van der Waals surface area contributed by atoms with Gasteiger partial charge < -0.3 is 4.48 Å². The Labute approximate surface area is 212 Å². The zero-order chi connectivity index (χ0) is 25.4. The number of nitrogens with zero attached hydrogens (tertiary/aromatic N) is 1. The van der Waals surface area contributed by atoms with Crippen LogP contribution >= 0.6 is 0 Å². The molecular formula is C26H58NO6Si+. The van der Waals surface area contributed by atoms with Gasteiger partial charge in [-0.3, -0.25) is 0 Å². The van der Waals surface area contributed by atoms with Crippen LogP contribution in [0.15, 0.2) is 0 Å². The van der Waals surface area contributed by atoms with E-state index in [9.17, 15) is 0 Å². The summed E-state index contributed by atoms with van der Waals surface area (Å²) in [5, 5.41) is 0. The molecule has 0 aliphatic carbocycles. The van der Waals surface area contributed by atoms with E-state index in [2.05, 4.69) is 21.0 Å². The van der Waals surface area contributed by atoms with E-state index in [1.165, 1.54) is 131 Å². The number of unbranched alkanes of at least 4 members (excludes halogenated alkanes) is 15. The van der Waals surface area contributed by atoms with Gasteiger partial charge in [0.15, 0.2) is 0 Å². The largest absolute Gasteiger partial charge is 0.584 e. The molecule has 0 saturated heterocycles. The van der Waals surface area contributed by atoms with E-state index in [1.807, 2.05) is 0 Å². The van der Waals surface area contributed by atoms with Crippen LogP contribution in [0.4, 0.5) is 0 Å². The highest BCUT2D eigenvalue weighted by atomic mass is 28.4. The second kappa shape index (κ2) is 23.3. The molecule has 0 aliphatic rings. The van der Waals surface area contributed by atoms with Crippen molar-refractivity contribution >= 4 is 8.80 Å². The average Bonchev–Trinajstić information content (AvgIpc) is 2.79. The van der Waals surface area contributed by atoms with Gasteiger partial charge in [0.05, 0.1) is 48.5 Å². The number of hydrogen-bond donors (Lipinski definition) is 0. The van der Waals surface area contributed by atoms with Crippen LogP contribution in [-0.4, -0.2) is 61.8 Å². The molecule has 0 radical (unpaired) electrons. The molecule has 34 heavy (non-hydrogen) atoms. The molecule has 0 heterocycles. The van der Waals surface area contributed by atoms with Crippen LogP contribution in [0.3, 0.4) is 0 Å². The number of hydrogen-bond acceptors (Lipinski definition) is 6. The van der Waals surface area contributed by atoms with Crippen molar-refractivity contribution in [1.82, 2.24) is 0 Å². The van der Waals surface area contributed by atoms with E-state index in [-0.39, 0.29) is 0 Å². The van der Waals surface area contributed by atoms with Gasteiger partial charge in [-0.25, -0.2) is 28.4 Å². The van der Waals surface area contributed by atoms with Crippen molar-refractivity contribution in [1.29, 1.82) is 0 Å². The summed E-state index contributed by atoms with van der Waals surface area (Å²) in [5.41, 5.74) is 0. The minimum Gasteiger partial charge on any atom is -0.328 e. The van der Waals surface area contributed by atoms with Gasteiger partial charge in [-0.1, -0.05) is 96.8 Å². The molecule has 0 amide bonds. The minimum absolute atomic E-state index is 0.559. The fourth-order valence-electron chi connectivity index (χ4n) is 4.47. The Balaban J connectivity index is 3.68. The SMILES string of the molecule is CCCCCCCCCCCCCCCCCC[N+](C)(C)CCC[Si](OOC)(OOC)OOC. The summed E-state index contributed by atoms with van der Waals surface area (Å²) in [5.74, 6) is 0. The Morgan fingerprint density at radius 1 is 0.471 bits per heavy atom. The van der Waals surface area contributed by atoms with E-state index in [1.54, 1.807) is 0 Å². The van der Waals surface area contributed by atoms with Crippen molar-refractivity contribution in [2.45, 2.75) is 122 Å². The molecule has 0 bridgehead atoms. The first-order valence-corrected chi connectivity index (χ1v) is 15.9. The molecule has 0 spiro atoms. The Morgan fingerprint density at radius 2 is 0.794 bits per heavy atom. The quantitative estimate of drug-likeness (QED) is 0.0379. The second-order valence-corrected chi connectivity index (χ2v) is 12.6. The maximum Gasteiger partial charge on any atom is 0.584 e. The molecule has 0 aromatic rings. The predicted molar refractivity (Wildman–Crippen MR) is 141 cm³/mol. The van der Waals surface area contributed by atoms with Gasteiger partial charge in [-0.05, 0) is 12.8 Å². The van der Waals surface area contributed by atoms with Crippen LogP contribution in [0, 0.1) is 0 Å². The summed E-state index contributed by atoms with van der Waals surface area (Å²) >= 11 is 0. The van der Waals surface area contributed by atoms with Crippen LogP contribution in [0.5, 0.6) is 0 Å². The fourth-order valence-corrected chi connectivity index (χ4v) is 6.16. The summed E-state index contributed by atoms with van der Waals surface area (Å²) in [6.07, 6.45) is 23.3. The van der Waals surface area contributed by atoms with Crippen molar-refractivity contribution < 1.29 is 32.9 Å². The lowest BCUT2D eigenvalue weighted by molar-refractivity contribution is -0.890. The highest BCUT2D eigenvalue weighted by molar-refractivity contribution is 6.59. The molecule has 206 valence electrons. The topological polar surface area (TPSA) is 55.4 Å². The molecular weight excluding hydrogens is 450 g/mol. The lowest BCUT2D eigenvalue weighted by Crippen LogP contribution is -2.47. The highest BCUT2D eigenvalue weighted by Crippen LogP contribution is 2.20. The van der Waals surface area contributed by atoms with Gasteiger partial charge in [0.2, 0.25) is 0 Å². The Bertz CT molecular complexity index is 411. The average molecular weight is 509 g/mol. The van der Waals surface area contributed by atoms with Gasteiger partial charge in [0.25, 0.3) is 0 Å². The van der Waals surface area contributed by atoms with Crippen molar-refractivity contribution in [2.75, 3.05) is 48.5 Å². The van der Waals surface area contributed by atoms with E-state index in [4.69, 9.17) is 28.4 Å². The third-order valence-electron chi connectivity index (χ3n) is 6.49. The van der Waals surface area contributed by atoms with Crippen molar-refractivity contribution in [3.8, 4) is 0 Å². The summed E-state index contributed by atoms with van der Waals surface area (Å²) in [6, 6.07) is 0.559.